The zero-order valence-electron chi connectivity index (χ0n) is 52.0. The molecule has 0 aromatic heterocycles. The second-order valence-electron chi connectivity index (χ2n) is 23.6. The minimum atomic E-state index is -0.864. The van der Waals surface area contributed by atoms with Crippen LogP contribution in [-0.4, -0.2) is 34.9 Å². The summed E-state index contributed by atoms with van der Waals surface area (Å²) >= 11 is 0. The first kappa shape index (κ1) is 74.8. The molecule has 3 N–H and O–H groups in total. The Morgan fingerprint density at radius 3 is 0.909 bits per heavy atom. The van der Waals surface area contributed by atoms with Crippen molar-refractivity contribution in [1.82, 2.24) is 5.32 Å². The Morgan fingerprint density at radius 1 is 0.325 bits per heavy atom. The Kier molecular flexibility index (Phi) is 66.2. The van der Waals surface area contributed by atoms with E-state index in [1.807, 2.05) is 6.08 Å². The van der Waals surface area contributed by atoms with Crippen molar-refractivity contribution in [1.29, 1.82) is 0 Å². The monoisotopic (exact) mass is 1070 g/mol. The molecule has 0 spiro atoms. The summed E-state index contributed by atoms with van der Waals surface area (Å²) < 4.78 is 0. The average molecular weight is 1070 g/mol. The lowest BCUT2D eigenvalue weighted by Gasteiger charge is -2.19. The van der Waals surface area contributed by atoms with Crippen LogP contribution in [-0.2, 0) is 4.79 Å². The van der Waals surface area contributed by atoms with Gasteiger partial charge in [-0.2, -0.15) is 0 Å². The molecule has 450 valence electrons. The molecule has 0 aliphatic carbocycles. The first-order chi connectivity index (χ1) is 38.2. The number of aliphatic hydroxyl groups excluding tert-OH is 2. The number of hydrogen-bond acceptors (Lipinski definition) is 3. The van der Waals surface area contributed by atoms with Crippen LogP contribution >= 0.6 is 0 Å². The van der Waals surface area contributed by atoms with Gasteiger partial charge in [0.25, 0.3) is 0 Å². The quantitative estimate of drug-likeness (QED) is 0.0420. The lowest BCUT2D eigenvalue weighted by atomic mass is 10.0. The van der Waals surface area contributed by atoms with Crippen LogP contribution < -0.4 is 5.32 Å². The van der Waals surface area contributed by atoms with Gasteiger partial charge in [0.05, 0.1) is 18.8 Å². The first-order valence-electron chi connectivity index (χ1n) is 34.7. The highest BCUT2D eigenvalue weighted by Gasteiger charge is 2.18. The lowest BCUT2D eigenvalue weighted by molar-refractivity contribution is -0.123. The van der Waals surface area contributed by atoms with E-state index in [9.17, 15) is 15.0 Å². The molecule has 4 heteroatoms. The van der Waals surface area contributed by atoms with Crippen molar-refractivity contribution in [3.05, 3.63) is 72.9 Å². The SMILES string of the molecule is CC/C=C\C/C=C\C/C=C\C/C=C\CCCCCCCCCCCCCCCCCCCCCCCCCCCCCCC(=O)NC(CO)C(O)/C=C/CC/C=C/CCCCCCCCCCCCCCCCCCCC. The fourth-order valence-electron chi connectivity index (χ4n) is 10.7. The fraction of sp³-hybridized carbons (Fsp3) is 0.822. The van der Waals surface area contributed by atoms with Crippen molar-refractivity contribution in [2.24, 2.45) is 0 Å². The van der Waals surface area contributed by atoms with E-state index in [0.29, 0.717) is 6.42 Å². The smallest absolute Gasteiger partial charge is 0.220 e. The van der Waals surface area contributed by atoms with E-state index in [-0.39, 0.29) is 12.5 Å². The molecule has 0 heterocycles. The Hall–Kier alpha value is -2.17. The van der Waals surface area contributed by atoms with Crippen LogP contribution in [0.5, 0.6) is 0 Å². The van der Waals surface area contributed by atoms with Gasteiger partial charge in [-0.25, -0.2) is 0 Å². The molecule has 0 rings (SSSR count). The second kappa shape index (κ2) is 68.1. The number of hydrogen-bond donors (Lipinski definition) is 3. The van der Waals surface area contributed by atoms with Gasteiger partial charge in [-0.1, -0.05) is 363 Å². The Bertz CT molecular complexity index is 1310. The molecule has 0 aromatic carbocycles. The maximum atomic E-state index is 12.5. The summed E-state index contributed by atoms with van der Waals surface area (Å²) in [6.45, 7) is 4.22. The molecule has 2 unspecified atom stereocenters. The van der Waals surface area contributed by atoms with Gasteiger partial charge >= 0.3 is 0 Å². The van der Waals surface area contributed by atoms with Gasteiger partial charge in [-0.15, -0.1) is 0 Å². The van der Waals surface area contributed by atoms with E-state index in [1.54, 1.807) is 6.08 Å². The summed E-state index contributed by atoms with van der Waals surface area (Å²) in [7, 11) is 0. The molecule has 0 aromatic rings. The highest BCUT2D eigenvalue weighted by molar-refractivity contribution is 5.76. The summed E-state index contributed by atoms with van der Waals surface area (Å²) in [5.41, 5.74) is 0. The van der Waals surface area contributed by atoms with Crippen LogP contribution in [0.1, 0.15) is 367 Å². The number of allylic oxidation sites excluding steroid dienone is 11. The number of carbonyl (C=O) groups excluding carboxylic acids is 1. The molecule has 0 saturated carbocycles. The summed E-state index contributed by atoms with van der Waals surface area (Å²) in [5.74, 6) is -0.0671. The minimum absolute atomic E-state index is 0.0671. The molecule has 77 heavy (non-hydrogen) atoms. The van der Waals surface area contributed by atoms with E-state index >= 15 is 0 Å². The zero-order valence-corrected chi connectivity index (χ0v) is 52.0. The first-order valence-corrected chi connectivity index (χ1v) is 34.7. The van der Waals surface area contributed by atoms with Crippen molar-refractivity contribution in [3.8, 4) is 0 Å². The summed E-state index contributed by atoms with van der Waals surface area (Å²) in [5, 5.41) is 23.2. The molecule has 4 nitrogen and oxygen atoms in total. The third-order valence-corrected chi connectivity index (χ3v) is 15.9. The molecular formula is C73H135NO3. The van der Waals surface area contributed by atoms with E-state index in [1.165, 1.54) is 289 Å². The predicted octanol–water partition coefficient (Wildman–Crippen LogP) is 23.7. The minimum Gasteiger partial charge on any atom is -0.394 e. The van der Waals surface area contributed by atoms with Crippen molar-refractivity contribution >= 4 is 5.91 Å². The second-order valence-corrected chi connectivity index (χ2v) is 23.6. The third-order valence-electron chi connectivity index (χ3n) is 15.9. The number of unbranched alkanes of at least 4 members (excludes halogenated alkanes) is 47. The Balaban J connectivity index is 3.42. The average Bonchev–Trinajstić information content (AvgIpc) is 3.43. The van der Waals surface area contributed by atoms with Crippen molar-refractivity contribution in [3.63, 3.8) is 0 Å². The summed E-state index contributed by atoms with van der Waals surface area (Å²) in [4.78, 5) is 12.5. The van der Waals surface area contributed by atoms with Crippen LogP contribution in [0.25, 0.3) is 0 Å². The van der Waals surface area contributed by atoms with E-state index in [2.05, 4.69) is 79.9 Å². The Morgan fingerprint density at radius 2 is 0.584 bits per heavy atom. The normalized spacial score (nSPS) is 13.1. The highest BCUT2D eigenvalue weighted by Crippen LogP contribution is 2.19. The van der Waals surface area contributed by atoms with Gasteiger partial charge in [0.2, 0.25) is 5.91 Å². The maximum absolute atomic E-state index is 12.5. The zero-order chi connectivity index (χ0) is 55.5. The molecule has 0 bridgehead atoms. The van der Waals surface area contributed by atoms with Crippen molar-refractivity contribution in [2.75, 3.05) is 6.61 Å². The topological polar surface area (TPSA) is 69.6 Å². The Labute approximate surface area is 482 Å². The number of rotatable bonds is 64. The van der Waals surface area contributed by atoms with Gasteiger partial charge in [0, 0.05) is 6.42 Å². The van der Waals surface area contributed by atoms with Crippen LogP contribution in [0.4, 0.5) is 0 Å². The fourth-order valence-corrected chi connectivity index (χ4v) is 10.7. The number of carbonyl (C=O) groups is 1. The number of aliphatic hydroxyl groups is 2. The molecular weight excluding hydrogens is 939 g/mol. The molecule has 0 aliphatic heterocycles. The maximum Gasteiger partial charge on any atom is 0.220 e. The van der Waals surface area contributed by atoms with E-state index in [0.717, 1.165) is 57.8 Å². The van der Waals surface area contributed by atoms with E-state index < -0.39 is 12.1 Å². The third kappa shape index (κ3) is 64.5. The largest absolute Gasteiger partial charge is 0.394 e. The predicted molar refractivity (Wildman–Crippen MR) is 345 cm³/mol. The number of nitrogens with one attached hydrogen (secondary N) is 1. The number of amides is 1. The molecule has 0 saturated heterocycles. The summed E-state index contributed by atoms with van der Waals surface area (Å²) in [6.07, 6.45) is 98.5. The van der Waals surface area contributed by atoms with Crippen molar-refractivity contribution in [2.45, 2.75) is 379 Å². The molecule has 0 fully saturated rings. The van der Waals surface area contributed by atoms with Crippen molar-refractivity contribution < 1.29 is 15.0 Å². The van der Waals surface area contributed by atoms with E-state index in [4.69, 9.17) is 0 Å². The summed E-state index contributed by atoms with van der Waals surface area (Å²) in [6, 6.07) is -0.640. The van der Waals surface area contributed by atoms with Gasteiger partial charge < -0.3 is 15.5 Å². The van der Waals surface area contributed by atoms with Crippen LogP contribution in [0, 0.1) is 0 Å². The standard InChI is InChI=1S/C73H135NO3/c1-3-5-7-9-11-13-15-17-19-21-23-25-27-29-30-31-32-33-34-35-36-37-38-39-40-41-42-43-44-45-47-49-51-53-55-57-59-61-63-65-67-69-73(77)74-71(70-75)72(76)68-66-64-62-60-58-56-54-52-50-48-46-28-26-24-22-20-18-16-14-12-10-8-6-4-2/h5,7,11,13,17,19,23,25,58,60,66,68,71-72,75-76H,3-4,6,8-10,12,14-16,18,20-22,24,26-57,59,61-65,67,69-70H2,1-2H3,(H,74,77)/b7-5-,13-11-,19-17-,25-23-,60-58+,68-66+. The molecule has 1 amide bonds. The van der Waals surface area contributed by atoms with Gasteiger partial charge in [-0.05, 0) is 70.6 Å². The molecule has 0 radical (unpaired) electrons. The lowest BCUT2D eigenvalue weighted by Crippen LogP contribution is -2.45. The highest BCUT2D eigenvalue weighted by atomic mass is 16.3. The molecule has 0 aliphatic rings. The molecule has 2 atom stereocenters. The van der Waals surface area contributed by atoms with Crippen LogP contribution in [0.15, 0.2) is 72.9 Å². The van der Waals surface area contributed by atoms with Crippen LogP contribution in [0.3, 0.4) is 0 Å². The van der Waals surface area contributed by atoms with Gasteiger partial charge in [0.1, 0.15) is 0 Å². The van der Waals surface area contributed by atoms with Crippen LogP contribution in [0.2, 0.25) is 0 Å². The van der Waals surface area contributed by atoms with Gasteiger partial charge in [-0.3, -0.25) is 4.79 Å². The van der Waals surface area contributed by atoms with Gasteiger partial charge in [0.15, 0.2) is 0 Å².